The molecule has 3 aromatic carbocycles. The van der Waals surface area contributed by atoms with Crippen molar-refractivity contribution in [1.82, 2.24) is 4.90 Å². The Morgan fingerprint density at radius 1 is 0.884 bits per heavy atom. The molecule has 228 valence electrons. The molecule has 10 heteroatoms. The number of imide groups is 1. The highest BCUT2D eigenvalue weighted by molar-refractivity contribution is 6.21. The lowest BCUT2D eigenvalue weighted by Gasteiger charge is -2.22. The van der Waals surface area contributed by atoms with E-state index in [1.54, 1.807) is 74.4 Å². The van der Waals surface area contributed by atoms with Crippen molar-refractivity contribution in [3.05, 3.63) is 106 Å². The van der Waals surface area contributed by atoms with E-state index in [0.29, 0.717) is 36.1 Å². The normalized spacial score (nSPS) is 12.7. The third-order valence-corrected chi connectivity index (χ3v) is 6.84. The Morgan fingerprint density at radius 2 is 1.42 bits per heavy atom. The number of halogens is 3. The minimum Gasteiger partial charge on any atom is -0.483 e. The smallest absolute Gasteiger partial charge is 0.417 e. The van der Waals surface area contributed by atoms with Crippen LogP contribution in [0.15, 0.2) is 72.3 Å². The van der Waals surface area contributed by atoms with E-state index >= 15 is 0 Å². The number of para-hydroxylation sites is 1. The number of aryl methyl sites for hydroxylation is 1. The van der Waals surface area contributed by atoms with Gasteiger partial charge in [0.05, 0.1) is 16.7 Å². The summed E-state index contributed by atoms with van der Waals surface area (Å²) in [7, 11) is 3.37. The van der Waals surface area contributed by atoms with Crippen LogP contribution >= 0.6 is 0 Å². The quantitative estimate of drug-likeness (QED) is 0.193. The standard InChI is InChI=1S/C22H24F3NO.C10H9NO2.CH2O2/c1-5-18-15(2)9-8-10-16(18)13-17(14-27)21(22(23,24)25)19-11-6-7-12-20(19)26(3)4;1-2-11-9(12)7-5-3-4-6-8(7)10(11)13;2-1-3/h6-12,14H,5,13H2,1-4H3;3-6H,2H2,1H3;1H,(H,2,3)/b21-17+;;. The number of rotatable bonds is 7. The Labute approximate surface area is 249 Å². The zero-order valence-electron chi connectivity index (χ0n) is 24.7. The number of amides is 2. The Balaban J connectivity index is 0.000000332. The highest BCUT2D eigenvalue weighted by atomic mass is 19.4. The number of benzene rings is 3. The van der Waals surface area contributed by atoms with Crippen molar-refractivity contribution in [2.45, 2.75) is 39.8 Å². The number of alkyl halides is 3. The van der Waals surface area contributed by atoms with Crippen LogP contribution < -0.4 is 4.90 Å². The van der Waals surface area contributed by atoms with E-state index in [0.717, 1.165) is 16.7 Å². The molecule has 1 aliphatic rings. The van der Waals surface area contributed by atoms with E-state index in [4.69, 9.17) is 9.90 Å². The summed E-state index contributed by atoms with van der Waals surface area (Å²) < 4.78 is 42.0. The van der Waals surface area contributed by atoms with Gasteiger partial charge in [-0.1, -0.05) is 55.5 Å². The van der Waals surface area contributed by atoms with Crippen LogP contribution in [0, 0.1) is 6.92 Å². The molecule has 0 atom stereocenters. The molecule has 7 nitrogen and oxygen atoms in total. The Kier molecular flexibility index (Phi) is 12.4. The fourth-order valence-corrected chi connectivity index (χ4v) is 4.94. The topological polar surface area (TPSA) is 95.0 Å². The lowest BCUT2D eigenvalue weighted by Crippen LogP contribution is -2.29. The van der Waals surface area contributed by atoms with Gasteiger partial charge in [-0.3, -0.25) is 24.1 Å². The summed E-state index contributed by atoms with van der Waals surface area (Å²) in [6.07, 6.45) is -3.65. The van der Waals surface area contributed by atoms with E-state index in [9.17, 15) is 27.6 Å². The number of anilines is 1. The van der Waals surface area contributed by atoms with Crippen molar-refractivity contribution in [3.63, 3.8) is 0 Å². The molecule has 0 unspecified atom stereocenters. The lowest BCUT2D eigenvalue weighted by molar-refractivity contribution is -0.122. The Bertz CT molecular complexity index is 1460. The first-order valence-corrected chi connectivity index (χ1v) is 13.5. The van der Waals surface area contributed by atoms with Gasteiger partial charge < -0.3 is 10.0 Å². The van der Waals surface area contributed by atoms with Crippen LogP contribution in [-0.2, 0) is 22.4 Å². The summed E-state index contributed by atoms with van der Waals surface area (Å²) in [5, 5.41) is 6.89. The van der Waals surface area contributed by atoms with Gasteiger partial charge in [-0.05, 0) is 55.2 Å². The molecule has 4 rings (SSSR count). The predicted octanol–water partition coefficient (Wildman–Crippen LogP) is 6.38. The summed E-state index contributed by atoms with van der Waals surface area (Å²) in [5.41, 5.74) is 3.11. The first-order valence-electron chi connectivity index (χ1n) is 13.5. The number of hydrogen-bond acceptors (Lipinski definition) is 5. The number of nitrogens with zero attached hydrogens (tertiary/aromatic N) is 2. The second-order valence-corrected chi connectivity index (χ2v) is 9.68. The van der Waals surface area contributed by atoms with Gasteiger partial charge >= 0.3 is 6.18 Å². The molecule has 1 heterocycles. The van der Waals surface area contributed by atoms with Gasteiger partial charge in [0.25, 0.3) is 18.3 Å². The molecular formula is C33H35F3N2O5. The van der Waals surface area contributed by atoms with Gasteiger partial charge in [0.2, 0.25) is 0 Å². The van der Waals surface area contributed by atoms with Crippen molar-refractivity contribution in [3.8, 4) is 0 Å². The number of carbonyl (C=O) groups excluding carboxylic acids is 3. The molecule has 3 aromatic rings. The van der Waals surface area contributed by atoms with Crippen molar-refractivity contribution >= 4 is 35.8 Å². The maximum atomic E-state index is 14.0. The number of allylic oxidation sites excluding steroid dienone is 2. The molecule has 0 aromatic heterocycles. The van der Waals surface area contributed by atoms with E-state index in [2.05, 4.69) is 0 Å². The summed E-state index contributed by atoms with van der Waals surface area (Å²) in [5.74, 6) is -0.355. The van der Waals surface area contributed by atoms with E-state index < -0.39 is 11.7 Å². The minimum atomic E-state index is -4.64. The fraction of sp³-hybridized carbons (Fsp3) is 0.273. The zero-order chi connectivity index (χ0) is 32.3. The summed E-state index contributed by atoms with van der Waals surface area (Å²) in [6, 6.07) is 18.7. The number of fused-ring (bicyclic) bond motifs is 1. The van der Waals surface area contributed by atoms with Gasteiger partial charge in [-0.2, -0.15) is 13.2 Å². The van der Waals surface area contributed by atoms with Crippen LogP contribution in [0.25, 0.3) is 5.57 Å². The van der Waals surface area contributed by atoms with Crippen molar-refractivity contribution in [2.24, 2.45) is 0 Å². The summed E-state index contributed by atoms with van der Waals surface area (Å²) >= 11 is 0. The molecule has 0 fully saturated rings. The maximum Gasteiger partial charge on any atom is 0.417 e. The third kappa shape index (κ3) is 8.18. The average Bonchev–Trinajstić information content (AvgIpc) is 3.21. The largest absolute Gasteiger partial charge is 0.483 e. The minimum absolute atomic E-state index is 0.0165. The number of aldehydes is 1. The first kappa shape index (κ1) is 34.5. The predicted molar refractivity (Wildman–Crippen MR) is 160 cm³/mol. The highest BCUT2D eigenvalue weighted by Gasteiger charge is 2.39. The van der Waals surface area contributed by atoms with Crippen LogP contribution in [0.5, 0.6) is 0 Å². The zero-order valence-corrected chi connectivity index (χ0v) is 24.7. The van der Waals surface area contributed by atoms with Gasteiger partial charge in [0.15, 0.2) is 0 Å². The number of carboxylic acid groups (broad SMARTS) is 1. The molecular weight excluding hydrogens is 561 g/mol. The summed E-state index contributed by atoms with van der Waals surface area (Å²) in [4.78, 5) is 46.1. The molecule has 0 saturated carbocycles. The Morgan fingerprint density at radius 3 is 1.88 bits per heavy atom. The second kappa shape index (κ2) is 15.5. The lowest BCUT2D eigenvalue weighted by atomic mass is 9.90. The van der Waals surface area contributed by atoms with Crippen LogP contribution in [0.3, 0.4) is 0 Å². The van der Waals surface area contributed by atoms with Crippen molar-refractivity contribution < 1.29 is 37.5 Å². The highest BCUT2D eigenvalue weighted by Crippen LogP contribution is 2.41. The molecule has 0 radical (unpaired) electrons. The molecule has 1 aliphatic heterocycles. The SMILES string of the molecule is CCN1C(=O)c2ccccc2C1=O.CCc1c(C)cccc1C/C(C=O)=C(/c1ccccc1N(C)C)C(F)(F)F.O=CO. The van der Waals surface area contributed by atoms with E-state index in [-0.39, 0.29) is 35.8 Å². The third-order valence-electron chi connectivity index (χ3n) is 6.84. The molecule has 0 saturated heterocycles. The maximum absolute atomic E-state index is 14.0. The Hall–Kier alpha value is -4.73. The van der Waals surface area contributed by atoms with Crippen LogP contribution in [0.1, 0.15) is 56.8 Å². The number of hydrogen-bond donors (Lipinski definition) is 1. The molecule has 2 amide bonds. The fourth-order valence-electron chi connectivity index (χ4n) is 4.94. The first-order chi connectivity index (χ1) is 20.4. The van der Waals surface area contributed by atoms with Gasteiger partial charge in [0.1, 0.15) is 6.29 Å². The van der Waals surface area contributed by atoms with Gasteiger partial charge in [0, 0.05) is 43.9 Å². The van der Waals surface area contributed by atoms with Crippen LogP contribution in [-0.4, -0.2) is 61.4 Å². The van der Waals surface area contributed by atoms with Gasteiger partial charge in [-0.25, -0.2) is 0 Å². The second-order valence-electron chi connectivity index (χ2n) is 9.68. The molecule has 43 heavy (non-hydrogen) atoms. The van der Waals surface area contributed by atoms with Gasteiger partial charge in [-0.15, -0.1) is 0 Å². The average molecular weight is 597 g/mol. The van der Waals surface area contributed by atoms with Crippen molar-refractivity contribution in [1.29, 1.82) is 0 Å². The molecule has 0 spiro atoms. The number of carbonyl (C=O) groups is 4. The monoisotopic (exact) mass is 596 g/mol. The molecule has 1 N–H and O–H groups in total. The molecule has 0 aliphatic carbocycles. The van der Waals surface area contributed by atoms with Crippen LogP contribution in [0.4, 0.5) is 18.9 Å². The van der Waals surface area contributed by atoms with Crippen molar-refractivity contribution in [2.75, 3.05) is 25.5 Å². The van der Waals surface area contributed by atoms with E-state index in [1.807, 2.05) is 26.0 Å². The van der Waals surface area contributed by atoms with E-state index in [1.165, 1.54) is 11.0 Å². The molecule has 0 bridgehead atoms. The summed E-state index contributed by atoms with van der Waals surface area (Å²) in [6.45, 7) is 5.87. The van der Waals surface area contributed by atoms with Crippen LogP contribution in [0.2, 0.25) is 0 Å².